The summed E-state index contributed by atoms with van der Waals surface area (Å²) >= 11 is 0. The summed E-state index contributed by atoms with van der Waals surface area (Å²) in [4.78, 5) is 14.7. The van der Waals surface area contributed by atoms with Gasteiger partial charge in [0.25, 0.3) is 0 Å². The molecule has 0 aromatic heterocycles. The van der Waals surface area contributed by atoms with E-state index < -0.39 is 8.07 Å². The minimum atomic E-state index is -1.70. The van der Waals surface area contributed by atoms with Gasteiger partial charge in [-0.2, -0.15) is 0 Å². The lowest BCUT2D eigenvalue weighted by molar-refractivity contribution is 0.0765. The fourth-order valence-electron chi connectivity index (χ4n) is 3.88. The molecule has 34 heavy (non-hydrogen) atoms. The number of carbonyl (C=O) groups is 1. The Hall–Kier alpha value is -1.55. The molecule has 0 aliphatic rings. The van der Waals surface area contributed by atoms with E-state index >= 15 is 0 Å². The van der Waals surface area contributed by atoms with Crippen molar-refractivity contribution in [1.82, 2.24) is 4.90 Å². The molecule has 0 unspecified atom stereocenters. The first-order valence-corrected chi connectivity index (χ1v) is 16.8. The number of hydrogen-bond donors (Lipinski definition) is 0. The normalized spacial score (nSPS) is 14.5. The van der Waals surface area contributed by atoms with Crippen LogP contribution in [0.4, 0.5) is 4.79 Å². The fourth-order valence-corrected chi connectivity index (χ4v) is 5.11. The zero-order valence-electron chi connectivity index (χ0n) is 24.5. The molecule has 0 saturated heterocycles. The first-order valence-electron chi connectivity index (χ1n) is 13.3. The highest BCUT2D eigenvalue weighted by Crippen LogP contribution is 2.20. The Morgan fingerprint density at radius 2 is 1.15 bits per heavy atom. The fraction of sp³-hybridized carbons (Fsp3) is 0.700. The lowest BCUT2D eigenvalue weighted by atomic mass is 10.0. The standard InChI is InChI=1S/C30H55NO2Si/c1-23(2)16-13-17-26(7)18-14-19-27(8)20-15-21-28(9)22-29(34(10,11)12)33-30(32)31(24(3)4)25(5)6/h16,18,20,22,24-25,29H,13-15,17,19,21H2,1-12H3/b26-18+,27-20+,28-22+/t29-/m1/s1. The summed E-state index contributed by atoms with van der Waals surface area (Å²) in [5.41, 5.74) is 5.55. The Morgan fingerprint density at radius 3 is 1.53 bits per heavy atom. The van der Waals surface area contributed by atoms with Crippen LogP contribution in [0, 0.1) is 0 Å². The van der Waals surface area contributed by atoms with Crippen molar-refractivity contribution in [3.8, 4) is 0 Å². The Kier molecular flexibility index (Phi) is 15.4. The highest BCUT2D eigenvalue weighted by molar-refractivity contribution is 6.77. The minimum Gasteiger partial charge on any atom is -0.446 e. The smallest absolute Gasteiger partial charge is 0.410 e. The van der Waals surface area contributed by atoms with E-state index in [0.717, 1.165) is 38.5 Å². The van der Waals surface area contributed by atoms with E-state index in [9.17, 15) is 4.79 Å². The van der Waals surface area contributed by atoms with Crippen LogP contribution in [0.5, 0.6) is 0 Å². The van der Waals surface area contributed by atoms with E-state index in [-0.39, 0.29) is 23.9 Å². The Labute approximate surface area is 213 Å². The molecule has 0 bridgehead atoms. The van der Waals surface area contributed by atoms with Gasteiger partial charge in [-0.3, -0.25) is 0 Å². The van der Waals surface area contributed by atoms with Crippen LogP contribution in [0.15, 0.2) is 46.6 Å². The quantitative estimate of drug-likeness (QED) is 0.179. The molecule has 0 radical (unpaired) electrons. The predicted octanol–water partition coefficient (Wildman–Crippen LogP) is 9.63. The van der Waals surface area contributed by atoms with Gasteiger partial charge in [-0.05, 0) is 107 Å². The van der Waals surface area contributed by atoms with Crippen molar-refractivity contribution in [2.75, 3.05) is 0 Å². The van der Waals surface area contributed by atoms with E-state index in [1.165, 1.54) is 22.3 Å². The molecule has 0 aromatic rings. The molecular formula is C30H55NO2Si. The summed E-state index contributed by atoms with van der Waals surface area (Å²) in [5, 5.41) is 0. The molecule has 0 rings (SSSR count). The summed E-state index contributed by atoms with van der Waals surface area (Å²) in [5.74, 6) is 0. The summed E-state index contributed by atoms with van der Waals surface area (Å²) in [6.07, 6.45) is 15.7. The molecule has 4 heteroatoms. The monoisotopic (exact) mass is 489 g/mol. The highest BCUT2D eigenvalue weighted by Gasteiger charge is 2.32. The largest absolute Gasteiger partial charge is 0.446 e. The number of nitrogens with zero attached hydrogens (tertiary/aromatic N) is 1. The van der Waals surface area contributed by atoms with Crippen LogP contribution in [-0.2, 0) is 4.74 Å². The molecule has 0 aliphatic carbocycles. The van der Waals surface area contributed by atoms with Gasteiger partial charge in [-0.25, -0.2) is 4.79 Å². The number of hydrogen-bond acceptors (Lipinski definition) is 2. The summed E-state index contributed by atoms with van der Waals surface area (Å²) in [6.45, 7) is 26.0. The van der Waals surface area contributed by atoms with Crippen molar-refractivity contribution in [1.29, 1.82) is 0 Å². The molecule has 0 aromatic carbocycles. The number of carbonyl (C=O) groups excluding carboxylic acids is 1. The molecule has 0 N–H and O–H groups in total. The van der Waals surface area contributed by atoms with Crippen LogP contribution < -0.4 is 0 Å². The molecular weight excluding hydrogens is 434 g/mol. The van der Waals surface area contributed by atoms with Crippen molar-refractivity contribution < 1.29 is 9.53 Å². The van der Waals surface area contributed by atoms with E-state index in [2.05, 4.69) is 78.6 Å². The summed E-state index contributed by atoms with van der Waals surface area (Å²) < 4.78 is 6.06. The van der Waals surface area contributed by atoms with Crippen LogP contribution >= 0.6 is 0 Å². The van der Waals surface area contributed by atoms with Gasteiger partial charge in [-0.15, -0.1) is 0 Å². The second kappa shape index (κ2) is 16.2. The highest BCUT2D eigenvalue weighted by atomic mass is 28.3. The Balaban J connectivity index is 4.87. The lowest BCUT2D eigenvalue weighted by Crippen LogP contribution is -2.48. The maximum absolute atomic E-state index is 12.9. The second-order valence-corrected chi connectivity index (χ2v) is 17.1. The molecule has 3 nitrogen and oxygen atoms in total. The lowest BCUT2D eigenvalue weighted by Gasteiger charge is -2.34. The van der Waals surface area contributed by atoms with Gasteiger partial charge < -0.3 is 9.64 Å². The molecule has 0 heterocycles. The Bertz CT molecular complexity index is 723. The molecule has 1 amide bonds. The van der Waals surface area contributed by atoms with Crippen molar-refractivity contribution in [2.45, 2.75) is 138 Å². The van der Waals surface area contributed by atoms with Crippen LogP contribution in [0.2, 0.25) is 19.6 Å². The van der Waals surface area contributed by atoms with Gasteiger partial charge >= 0.3 is 6.09 Å². The number of rotatable bonds is 14. The third-order valence-electron chi connectivity index (χ3n) is 5.99. The average molecular weight is 490 g/mol. The van der Waals surface area contributed by atoms with E-state index in [1.54, 1.807) is 0 Å². The van der Waals surface area contributed by atoms with E-state index in [0.29, 0.717) is 0 Å². The van der Waals surface area contributed by atoms with Gasteiger partial charge in [0.15, 0.2) is 0 Å². The second-order valence-electron chi connectivity index (χ2n) is 11.8. The minimum absolute atomic E-state index is 0.107. The van der Waals surface area contributed by atoms with Gasteiger partial charge in [0.2, 0.25) is 0 Å². The maximum Gasteiger partial charge on any atom is 0.410 e. The van der Waals surface area contributed by atoms with Crippen LogP contribution in [0.1, 0.15) is 101 Å². The topological polar surface area (TPSA) is 29.5 Å². The van der Waals surface area contributed by atoms with E-state index in [4.69, 9.17) is 4.74 Å². The molecule has 0 saturated carbocycles. The van der Waals surface area contributed by atoms with Gasteiger partial charge in [0, 0.05) is 12.1 Å². The summed E-state index contributed by atoms with van der Waals surface area (Å²) in [6, 6.07) is 0.257. The van der Waals surface area contributed by atoms with Gasteiger partial charge in [-0.1, -0.05) is 60.2 Å². The van der Waals surface area contributed by atoms with Crippen LogP contribution in [-0.4, -0.2) is 36.9 Å². The van der Waals surface area contributed by atoms with Gasteiger partial charge in [0.1, 0.15) is 5.73 Å². The van der Waals surface area contributed by atoms with Crippen LogP contribution in [0.25, 0.3) is 0 Å². The molecule has 0 spiro atoms. The number of amides is 1. The van der Waals surface area contributed by atoms with Gasteiger partial charge in [0.05, 0.1) is 8.07 Å². The maximum atomic E-state index is 12.9. The zero-order valence-corrected chi connectivity index (χ0v) is 25.5. The number of ether oxygens (including phenoxy) is 1. The third-order valence-corrected chi connectivity index (χ3v) is 7.99. The van der Waals surface area contributed by atoms with Crippen molar-refractivity contribution in [2.24, 2.45) is 0 Å². The third kappa shape index (κ3) is 14.7. The zero-order chi connectivity index (χ0) is 26.5. The Morgan fingerprint density at radius 1 is 0.735 bits per heavy atom. The molecule has 0 fully saturated rings. The first kappa shape index (κ1) is 32.4. The molecule has 0 aliphatic heterocycles. The van der Waals surface area contributed by atoms with Crippen molar-refractivity contribution in [3.05, 3.63) is 46.6 Å². The van der Waals surface area contributed by atoms with Crippen molar-refractivity contribution in [3.63, 3.8) is 0 Å². The number of allylic oxidation sites excluding steroid dienone is 7. The molecule has 1 atom stereocenters. The van der Waals surface area contributed by atoms with Crippen LogP contribution in [0.3, 0.4) is 0 Å². The predicted molar refractivity (Wildman–Crippen MR) is 154 cm³/mol. The SMILES string of the molecule is CC(C)=CCC/C(C)=C/CC/C(C)=C/CC/C(C)=C/[C@H](OC(=O)N(C(C)C)C(C)C)[Si](C)(C)C. The average Bonchev–Trinajstić information content (AvgIpc) is 2.65. The molecule has 196 valence electrons. The van der Waals surface area contributed by atoms with Crippen molar-refractivity contribution >= 4 is 14.2 Å². The summed E-state index contributed by atoms with van der Waals surface area (Å²) in [7, 11) is -1.70. The first-order chi connectivity index (χ1) is 15.6. The van der Waals surface area contributed by atoms with E-state index in [1.807, 2.05) is 32.6 Å².